The summed E-state index contributed by atoms with van der Waals surface area (Å²) in [6, 6.07) is 0. The van der Waals surface area contributed by atoms with Crippen LogP contribution in [0.1, 0.15) is 206 Å². The molecule has 5 nitrogen and oxygen atoms in total. The Labute approximate surface area is 370 Å². The summed E-state index contributed by atoms with van der Waals surface area (Å²) in [4.78, 5) is 24.4. The van der Waals surface area contributed by atoms with Crippen molar-refractivity contribution >= 4 is 11.9 Å². The maximum Gasteiger partial charge on any atom is 0.306 e. The van der Waals surface area contributed by atoms with Crippen LogP contribution < -0.4 is 0 Å². The summed E-state index contributed by atoms with van der Waals surface area (Å²) in [6.07, 6.45) is 71.6. The average molecular weight is 831 g/mol. The van der Waals surface area contributed by atoms with Gasteiger partial charge in [-0.15, -0.1) is 0 Å². The zero-order valence-electron chi connectivity index (χ0n) is 38.7. The molecule has 0 rings (SSSR count). The van der Waals surface area contributed by atoms with E-state index in [0.29, 0.717) is 12.8 Å². The number of allylic oxidation sites excluding steroid dienone is 18. The normalized spacial score (nSPS) is 13.2. The molecule has 0 aromatic carbocycles. The lowest BCUT2D eigenvalue weighted by atomic mass is 10.1. The lowest BCUT2D eigenvalue weighted by molar-refractivity contribution is -0.161. The summed E-state index contributed by atoms with van der Waals surface area (Å²) < 4.78 is 10.7. The average Bonchev–Trinajstić information content (AvgIpc) is 3.25. The van der Waals surface area contributed by atoms with Crippen LogP contribution in [-0.2, 0) is 19.1 Å². The van der Waals surface area contributed by atoms with E-state index in [4.69, 9.17) is 9.47 Å². The van der Waals surface area contributed by atoms with Crippen LogP contribution in [0.4, 0.5) is 0 Å². The van der Waals surface area contributed by atoms with E-state index < -0.39 is 6.10 Å². The summed E-state index contributed by atoms with van der Waals surface area (Å²) in [5.41, 5.74) is 0. The van der Waals surface area contributed by atoms with Gasteiger partial charge in [0.15, 0.2) is 6.10 Å². The van der Waals surface area contributed by atoms with Gasteiger partial charge < -0.3 is 14.6 Å². The molecule has 0 aromatic heterocycles. The second kappa shape index (κ2) is 49.9. The molecule has 0 aromatic rings. The molecule has 1 unspecified atom stereocenters. The van der Waals surface area contributed by atoms with Crippen LogP contribution in [0.25, 0.3) is 0 Å². The summed E-state index contributed by atoms with van der Waals surface area (Å²) >= 11 is 0. The van der Waals surface area contributed by atoms with Crippen LogP contribution in [0.5, 0.6) is 0 Å². The third kappa shape index (κ3) is 47.2. The maximum absolute atomic E-state index is 12.3. The predicted molar refractivity (Wildman–Crippen MR) is 260 cm³/mol. The first kappa shape index (κ1) is 56.6. The number of hydrogen-bond acceptors (Lipinski definition) is 5. The highest BCUT2D eigenvalue weighted by Crippen LogP contribution is 2.13. The number of aliphatic hydroxyl groups is 1. The van der Waals surface area contributed by atoms with Crippen molar-refractivity contribution in [3.05, 3.63) is 109 Å². The predicted octanol–water partition coefficient (Wildman–Crippen LogP) is 16.2. The minimum atomic E-state index is -0.790. The Morgan fingerprint density at radius 3 is 1.08 bits per heavy atom. The second-order valence-corrected chi connectivity index (χ2v) is 15.8. The SMILES string of the molecule is CC/C=C\C/C=C\C/C=C\C/C=C\C/C=C\C/C=C\CCCCCCCCCCC(=O)OC(CO)COC(=O)CCCCCCCC/C=C\C/C=C\C/C=C\CCCCC. The Balaban J connectivity index is 3.61. The molecule has 60 heavy (non-hydrogen) atoms. The first-order valence-electron chi connectivity index (χ1n) is 24.4. The number of rotatable bonds is 43. The molecule has 0 heterocycles. The number of unbranched alkanes of at least 4 members (excludes halogenated alkanes) is 17. The number of ether oxygens (including phenoxy) is 2. The second-order valence-electron chi connectivity index (χ2n) is 15.8. The fourth-order valence-electron chi connectivity index (χ4n) is 6.39. The number of carbonyl (C=O) groups is 2. The molecule has 5 heteroatoms. The van der Waals surface area contributed by atoms with Crippen molar-refractivity contribution in [2.75, 3.05) is 13.2 Å². The smallest absolute Gasteiger partial charge is 0.306 e. The number of hydrogen-bond donors (Lipinski definition) is 1. The molecule has 0 amide bonds. The highest BCUT2D eigenvalue weighted by molar-refractivity contribution is 5.70. The van der Waals surface area contributed by atoms with E-state index in [9.17, 15) is 14.7 Å². The molecule has 0 fully saturated rings. The lowest BCUT2D eigenvalue weighted by Crippen LogP contribution is -2.28. The van der Waals surface area contributed by atoms with E-state index in [2.05, 4.69) is 123 Å². The van der Waals surface area contributed by atoms with Crippen LogP contribution in [0.2, 0.25) is 0 Å². The van der Waals surface area contributed by atoms with E-state index in [-0.39, 0.29) is 25.2 Å². The molecule has 0 aliphatic rings. The first-order chi connectivity index (χ1) is 29.6. The molecule has 0 radical (unpaired) electrons. The van der Waals surface area contributed by atoms with E-state index in [1.165, 1.54) is 77.0 Å². The fourth-order valence-corrected chi connectivity index (χ4v) is 6.39. The molecule has 1 N–H and O–H groups in total. The molecule has 0 saturated carbocycles. The van der Waals surface area contributed by atoms with Gasteiger partial charge in [-0.3, -0.25) is 9.59 Å². The Morgan fingerprint density at radius 2 is 0.717 bits per heavy atom. The highest BCUT2D eigenvalue weighted by atomic mass is 16.6. The minimum Gasteiger partial charge on any atom is -0.462 e. The van der Waals surface area contributed by atoms with Crippen molar-refractivity contribution in [1.29, 1.82) is 0 Å². The van der Waals surface area contributed by atoms with Crippen molar-refractivity contribution in [1.82, 2.24) is 0 Å². The fraction of sp³-hybridized carbons (Fsp3) is 0.636. The molecule has 340 valence electrons. The zero-order chi connectivity index (χ0) is 43.5. The summed E-state index contributed by atoms with van der Waals surface area (Å²) in [5.74, 6) is -0.622. The van der Waals surface area contributed by atoms with Crippen molar-refractivity contribution in [2.45, 2.75) is 213 Å². The lowest BCUT2D eigenvalue weighted by Gasteiger charge is -2.15. The maximum atomic E-state index is 12.3. The molecular formula is C55H90O5. The molecule has 0 saturated heterocycles. The summed E-state index contributed by atoms with van der Waals surface area (Å²) in [6.45, 7) is 3.97. The number of aliphatic hydroxyl groups excluding tert-OH is 1. The number of carbonyl (C=O) groups excluding carboxylic acids is 2. The van der Waals surface area contributed by atoms with Gasteiger partial charge in [0, 0.05) is 12.8 Å². The Kier molecular flexibility index (Phi) is 47.1. The topological polar surface area (TPSA) is 72.8 Å². The molecule has 0 aliphatic carbocycles. The minimum absolute atomic E-state index is 0.0827. The molecule has 0 bridgehead atoms. The van der Waals surface area contributed by atoms with Gasteiger partial charge in [-0.25, -0.2) is 0 Å². The third-order valence-corrected chi connectivity index (χ3v) is 10.1. The molecule has 1 atom stereocenters. The van der Waals surface area contributed by atoms with Gasteiger partial charge >= 0.3 is 11.9 Å². The zero-order valence-corrected chi connectivity index (χ0v) is 38.7. The Hall–Kier alpha value is -3.44. The van der Waals surface area contributed by atoms with E-state index in [1.54, 1.807) is 0 Å². The van der Waals surface area contributed by atoms with E-state index in [1.807, 2.05) is 0 Å². The number of esters is 2. The van der Waals surface area contributed by atoms with Crippen LogP contribution in [0.3, 0.4) is 0 Å². The Morgan fingerprint density at radius 1 is 0.400 bits per heavy atom. The summed E-state index contributed by atoms with van der Waals surface area (Å²) in [5, 5.41) is 9.62. The van der Waals surface area contributed by atoms with E-state index in [0.717, 1.165) is 103 Å². The van der Waals surface area contributed by atoms with Gasteiger partial charge in [0.05, 0.1) is 6.61 Å². The van der Waals surface area contributed by atoms with Gasteiger partial charge in [0.25, 0.3) is 0 Å². The van der Waals surface area contributed by atoms with Gasteiger partial charge in [0.2, 0.25) is 0 Å². The van der Waals surface area contributed by atoms with Crippen LogP contribution in [-0.4, -0.2) is 36.4 Å². The third-order valence-electron chi connectivity index (χ3n) is 10.1. The van der Waals surface area contributed by atoms with Crippen LogP contribution in [0.15, 0.2) is 109 Å². The van der Waals surface area contributed by atoms with Crippen LogP contribution in [0, 0.1) is 0 Å². The Bertz CT molecular complexity index is 1210. The van der Waals surface area contributed by atoms with E-state index >= 15 is 0 Å². The van der Waals surface area contributed by atoms with Crippen molar-refractivity contribution < 1.29 is 24.2 Å². The largest absolute Gasteiger partial charge is 0.462 e. The van der Waals surface area contributed by atoms with Crippen molar-refractivity contribution in [3.8, 4) is 0 Å². The standard InChI is InChI=1S/C55H90O5/c1-3-5-7-9-11-13-15-17-19-21-23-24-25-26-27-28-29-30-32-34-36-38-40-42-44-46-48-50-55(58)60-53(51-56)52-59-54(57)49-47-45-43-41-39-37-35-33-31-22-20-18-16-14-12-10-8-6-4-2/h5,7,11-14,17-20,23-24,26-27,29-31,33,53,56H,3-4,6,8-10,15-16,21-22,25,28,32,34-52H2,1-2H3/b7-5-,13-11-,14-12-,19-17-,20-18-,24-23-,27-26-,30-29-,33-31-. The molecule has 0 spiro atoms. The van der Waals surface area contributed by atoms with Crippen LogP contribution >= 0.6 is 0 Å². The van der Waals surface area contributed by atoms with Gasteiger partial charge in [-0.1, -0.05) is 200 Å². The molecule has 0 aliphatic heterocycles. The monoisotopic (exact) mass is 831 g/mol. The summed E-state index contributed by atoms with van der Waals surface area (Å²) in [7, 11) is 0. The van der Waals surface area contributed by atoms with Gasteiger partial charge in [0.1, 0.15) is 6.61 Å². The molecular weight excluding hydrogens is 741 g/mol. The van der Waals surface area contributed by atoms with Gasteiger partial charge in [-0.05, 0) is 103 Å². The quantitative estimate of drug-likeness (QED) is 0.0376. The van der Waals surface area contributed by atoms with Crippen molar-refractivity contribution in [2.24, 2.45) is 0 Å². The van der Waals surface area contributed by atoms with Crippen molar-refractivity contribution in [3.63, 3.8) is 0 Å². The van der Waals surface area contributed by atoms with Gasteiger partial charge in [-0.2, -0.15) is 0 Å². The highest BCUT2D eigenvalue weighted by Gasteiger charge is 2.16. The first-order valence-corrected chi connectivity index (χ1v) is 24.4.